The largest absolute Gasteiger partial charge is 0.355 e. The van der Waals surface area contributed by atoms with Gasteiger partial charge in [0.05, 0.1) is 22.8 Å². The van der Waals surface area contributed by atoms with E-state index in [-0.39, 0.29) is 18.6 Å². The van der Waals surface area contributed by atoms with E-state index in [9.17, 15) is 0 Å². The van der Waals surface area contributed by atoms with Gasteiger partial charge in [-0.2, -0.15) is 0 Å². The third-order valence-corrected chi connectivity index (χ3v) is 5.58. The van der Waals surface area contributed by atoms with Gasteiger partial charge in [-0.15, -0.1) is 0 Å². The van der Waals surface area contributed by atoms with E-state index in [4.69, 9.17) is 21.6 Å². The molecule has 0 unspecified atom stereocenters. The second-order valence-electron chi connectivity index (χ2n) is 7.60. The van der Waals surface area contributed by atoms with Crippen molar-refractivity contribution in [3.05, 3.63) is 94.5 Å². The fourth-order valence-corrected chi connectivity index (χ4v) is 4.01. The Balaban J connectivity index is 0.00000216. The number of benzene rings is 1. The summed E-state index contributed by atoms with van der Waals surface area (Å²) in [6.07, 6.45) is 8.10. The molecule has 5 heterocycles. The molecule has 4 nitrogen and oxygen atoms in total. The van der Waals surface area contributed by atoms with Crippen molar-refractivity contribution < 1.29 is 18.6 Å². The SMILES string of the molecule is Clc1ccc(-c2cc3cc4nc(cc5ccc(cc6nc(cc2[nH]3)C=C6)[nH]5)C=C4)cc1.[V]. The number of nitrogens with one attached hydrogen (secondary N) is 2. The van der Waals surface area contributed by atoms with Gasteiger partial charge in [-0.25, -0.2) is 9.97 Å². The molecule has 2 aliphatic rings. The van der Waals surface area contributed by atoms with Crippen molar-refractivity contribution in [3.8, 4) is 11.1 Å². The molecule has 2 N–H and O–H groups in total. The van der Waals surface area contributed by atoms with E-state index < -0.39 is 0 Å². The van der Waals surface area contributed by atoms with E-state index in [0.717, 1.165) is 61.0 Å². The zero-order valence-electron chi connectivity index (χ0n) is 16.9. The summed E-state index contributed by atoms with van der Waals surface area (Å²) >= 11 is 6.10. The van der Waals surface area contributed by atoms with Gasteiger partial charge in [0.25, 0.3) is 0 Å². The Labute approximate surface area is 201 Å². The molecule has 153 valence electrons. The summed E-state index contributed by atoms with van der Waals surface area (Å²) in [5.41, 5.74) is 9.79. The second kappa shape index (κ2) is 8.32. The molecule has 32 heavy (non-hydrogen) atoms. The molecule has 0 spiro atoms. The number of H-pyrrole nitrogens is 2. The molecule has 2 aliphatic heterocycles. The van der Waals surface area contributed by atoms with Gasteiger partial charge in [-0.1, -0.05) is 23.7 Å². The average molecular weight is 472 g/mol. The molecule has 0 fully saturated rings. The number of halogens is 1. The van der Waals surface area contributed by atoms with Crippen molar-refractivity contribution in [2.45, 2.75) is 0 Å². The number of rotatable bonds is 1. The Morgan fingerprint density at radius 1 is 0.562 bits per heavy atom. The van der Waals surface area contributed by atoms with Crippen LogP contribution < -0.4 is 0 Å². The van der Waals surface area contributed by atoms with Crippen LogP contribution in [-0.2, 0) is 18.6 Å². The Kier molecular flexibility index (Phi) is 5.35. The fourth-order valence-electron chi connectivity index (χ4n) is 3.89. The molecule has 6 heteroatoms. The molecule has 3 aromatic heterocycles. The van der Waals surface area contributed by atoms with Crippen LogP contribution in [0, 0.1) is 0 Å². The first-order valence-electron chi connectivity index (χ1n) is 10.0. The molecule has 0 amide bonds. The zero-order chi connectivity index (χ0) is 20.8. The molecule has 8 bridgehead atoms. The van der Waals surface area contributed by atoms with Gasteiger partial charge in [0.1, 0.15) is 0 Å². The predicted octanol–water partition coefficient (Wildman–Crippen LogP) is 6.97. The standard InChI is InChI=1S/C26H17ClN4.V/c27-17-3-1-16(2-4-17)25-14-24-13-22-8-7-20(29-22)11-18-5-6-19(28-18)12-21-9-10-23(30-21)15-26(25)31-24;/h1-15,28,31H;. The molecule has 1 radical (unpaired) electrons. The van der Waals surface area contributed by atoms with Crippen molar-refractivity contribution in [1.82, 2.24) is 19.9 Å². The maximum atomic E-state index is 6.10. The Hall–Kier alpha value is -3.31. The normalized spacial score (nSPS) is 12.0. The number of hydrogen-bond acceptors (Lipinski definition) is 2. The van der Waals surface area contributed by atoms with Crippen LogP contribution in [0.2, 0.25) is 5.02 Å². The quantitative estimate of drug-likeness (QED) is 0.272. The van der Waals surface area contributed by atoms with Crippen LogP contribution in [0.25, 0.3) is 57.5 Å². The summed E-state index contributed by atoms with van der Waals surface area (Å²) < 4.78 is 0. The molecule has 0 atom stereocenters. The van der Waals surface area contributed by atoms with Crippen LogP contribution in [-0.4, -0.2) is 19.9 Å². The maximum Gasteiger partial charge on any atom is 0.0658 e. The molecule has 0 saturated heterocycles. The summed E-state index contributed by atoms with van der Waals surface area (Å²) in [6, 6.07) is 22.3. The van der Waals surface area contributed by atoms with Gasteiger partial charge in [0.15, 0.2) is 0 Å². The Bertz CT molecular complexity index is 1540. The van der Waals surface area contributed by atoms with Gasteiger partial charge in [0.2, 0.25) is 0 Å². The number of nitrogens with zero attached hydrogens (tertiary/aromatic N) is 2. The van der Waals surface area contributed by atoms with Gasteiger partial charge >= 0.3 is 0 Å². The second-order valence-corrected chi connectivity index (χ2v) is 8.03. The molecular formula is C26H17ClN4V. The zero-order valence-corrected chi connectivity index (χ0v) is 19.0. The number of fused-ring (bicyclic) bond motifs is 8. The molecule has 0 aliphatic carbocycles. The van der Waals surface area contributed by atoms with Gasteiger partial charge in [0, 0.05) is 51.2 Å². The van der Waals surface area contributed by atoms with Crippen molar-refractivity contribution in [2.75, 3.05) is 0 Å². The first-order valence-corrected chi connectivity index (χ1v) is 10.4. The number of aromatic amines is 2. The van der Waals surface area contributed by atoms with E-state index in [0.29, 0.717) is 0 Å². The fraction of sp³-hybridized carbons (Fsp3) is 0. The summed E-state index contributed by atoms with van der Waals surface area (Å²) in [4.78, 5) is 16.4. The van der Waals surface area contributed by atoms with E-state index in [1.807, 2.05) is 72.8 Å². The first kappa shape index (κ1) is 20.6. The maximum absolute atomic E-state index is 6.10. The van der Waals surface area contributed by atoms with Gasteiger partial charge in [-0.05, 0) is 84.5 Å². The van der Waals surface area contributed by atoms with Gasteiger partial charge in [-0.3, -0.25) is 0 Å². The topological polar surface area (TPSA) is 57.4 Å². The van der Waals surface area contributed by atoms with Crippen LogP contribution in [0.15, 0.2) is 66.7 Å². The summed E-state index contributed by atoms with van der Waals surface area (Å²) in [7, 11) is 0. The van der Waals surface area contributed by atoms with E-state index in [1.54, 1.807) is 0 Å². The molecule has 4 aromatic rings. The molecular weight excluding hydrogens is 455 g/mol. The van der Waals surface area contributed by atoms with Crippen molar-refractivity contribution in [3.63, 3.8) is 0 Å². The van der Waals surface area contributed by atoms with E-state index >= 15 is 0 Å². The molecule has 6 rings (SSSR count). The van der Waals surface area contributed by atoms with Crippen LogP contribution in [0.1, 0.15) is 22.8 Å². The Morgan fingerprint density at radius 3 is 1.69 bits per heavy atom. The summed E-state index contributed by atoms with van der Waals surface area (Å²) in [5, 5.41) is 0.720. The van der Waals surface area contributed by atoms with Crippen molar-refractivity contribution in [2.24, 2.45) is 0 Å². The van der Waals surface area contributed by atoms with Crippen LogP contribution in [0.4, 0.5) is 0 Å². The van der Waals surface area contributed by atoms with Crippen molar-refractivity contribution in [1.29, 1.82) is 0 Å². The summed E-state index contributed by atoms with van der Waals surface area (Å²) in [6.45, 7) is 0. The minimum atomic E-state index is 0. The molecule has 0 saturated carbocycles. The average Bonchev–Trinajstić information content (AvgIpc) is 3.54. The van der Waals surface area contributed by atoms with E-state index in [2.05, 4.69) is 28.2 Å². The van der Waals surface area contributed by atoms with E-state index in [1.165, 1.54) is 0 Å². The van der Waals surface area contributed by atoms with Crippen LogP contribution >= 0.6 is 11.6 Å². The minimum Gasteiger partial charge on any atom is -0.355 e. The monoisotopic (exact) mass is 471 g/mol. The third-order valence-electron chi connectivity index (χ3n) is 5.32. The van der Waals surface area contributed by atoms with Crippen LogP contribution in [0.3, 0.4) is 0 Å². The molecule has 1 aromatic carbocycles. The minimum absolute atomic E-state index is 0. The summed E-state index contributed by atoms with van der Waals surface area (Å²) in [5.74, 6) is 0. The third kappa shape index (κ3) is 4.08. The van der Waals surface area contributed by atoms with Crippen molar-refractivity contribution >= 4 is 58.0 Å². The number of aromatic nitrogens is 4. The number of hydrogen-bond donors (Lipinski definition) is 2. The predicted molar refractivity (Wildman–Crippen MR) is 129 cm³/mol. The first-order chi connectivity index (χ1) is 15.2. The van der Waals surface area contributed by atoms with Gasteiger partial charge < -0.3 is 9.97 Å². The smallest absolute Gasteiger partial charge is 0.0658 e. The van der Waals surface area contributed by atoms with Crippen LogP contribution in [0.5, 0.6) is 0 Å². The Morgan fingerprint density at radius 2 is 1.09 bits per heavy atom.